The number of aromatic nitrogens is 4. The predicted octanol–water partition coefficient (Wildman–Crippen LogP) is 4.97. The molecule has 39 heavy (non-hydrogen) atoms. The zero-order valence-corrected chi connectivity index (χ0v) is 20.6. The lowest BCUT2D eigenvalue weighted by molar-refractivity contribution is 0.0219. The van der Waals surface area contributed by atoms with Crippen molar-refractivity contribution in [2.75, 3.05) is 31.1 Å². The zero-order valence-electron chi connectivity index (χ0n) is 20.6. The molecule has 1 aliphatic heterocycles. The van der Waals surface area contributed by atoms with E-state index in [1.165, 1.54) is 37.4 Å². The number of H-pyrrole nitrogens is 1. The lowest BCUT2D eigenvalue weighted by atomic mass is 10.1. The molecule has 1 amide bonds. The van der Waals surface area contributed by atoms with Crippen LogP contribution in [-0.4, -0.2) is 56.5 Å². The zero-order chi connectivity index (χ0) is 27.5. The van der Waals surface area contributed by atoms with Gasteiger partial charge >= 0.3 is 5.92 Å². The van der Waals surface area contributed by atoms with Crippen LogP contribution in [0.1, 0.15) is 22.0 Å². The number of hydrogen-bond donors (Lipinski definition) is 1. The van der Waals surface area contributed by atoms with Gasteiger partial charge in [-0.2, -0.15) is 8.78 Å². The molecule has 3 aromatic carbocycles. The first kappa shape index (κ1) is 24.8. The maximum Gasteiger partial charge on any atom is 0.361 e. The lowest BCUT2D eigenvalue weighted by Crippen LogP contribution is -2.48. The Morgan fingerprint density at radius 2 is 1.62 bits per heavy atom. The van der Waals surface area contributed by atoms with E-state index < -0.39 is 34.7 Å². The van der Waals surface area contributed by atoms with Gasteiger partial charge in [0.2, 0.25) is 0 Å². The molecular formula is C27H21F5N6O. The molecule has 1 N–H and O–H groups in total. The normalized spacial score (nSPS) is 14.5. The van der Waals surface area contributed by atoms with Crippen molar-refractivity contribution in [1.82, 2.24) is 24.4 Å². The summed E-state index contributed by atoms with van der Waals surface area (Å²) in [6, 6.07) is 12.1. The van der Waals surface area contributed by atoms with E-state index in [0.29, 0.717) is 43.3 Å². The van der Waals surface area contributed by atoms with Gasteiger partial charge in [-0.15, -0.1) is 0 Å². The molecule has 5 aromatic rings. The number of carbonyl (C=O) groups is 1. The van der Waals surface area contributed by atoms with Crippen molar-refractivity contribution < 1.29 is 26.7 Å². The molecule has 0 bridgehead atoms. The van der Waals surface area contributed by atoms with Gasteiger partial charge in [0.1, 0.15) is 17.2 Å². The Labute approximate surface area is 218 Å². The van der Waals surface area contributed by atoms with E-state index in [9.17, 15) is 18.0 Å². The van der Waals surface area contributed by atoms with E-state index in [1.807, 2.05) is 0 Å². The van der Waals surface area contributed by atoms with Gasteiger partial charge in [0, 0.05) is 50.5 Å². The van der Waals surface area contributed by atoms with Gasteiger partial charge in [0.15, 0.2) is 17.5 Å². The number of amides is 1. The molecule has 12 heteroatoms. The van der Waals surface area contributed by atoms with Gasteiger partial charge in [-0.25, -0.2) is 23.1 Å². The minimum Gasteiger partial charge on any atom is -0.368 e. The van der Waals surface area contributed by atoms with Gasteiger partial charge in [-0.05, 0) is 48.5 Å². The number of benzene rings is 3. The van der Waals surface area contributed by atoms with Crippen LogP contribution in [0, 0.1) is 17.5 Å². The summed E-state index contributed by atoms with van der Waals surface area (Å²) >= 11 is 0. The predicted molar refractivity (Wildman–Crippen MR) is 134 cm³/mol. The average molecular weight is 540 g/mol. The number of nitrogens with one attached hydrogen (secondary N) is 1. The standard InChI is InChI=1S/C27H21F5N6O/c1-36-22-12-15(24(39)38-10-8-37(9-11-38)18-5-3-16(28)4-6-18)2-7-20(22)34-26(36)27(31,32)25-33-21-14-17(29)13-19(30)23(21)35-25/h2-7,12-14H,8-11H2,1H3,(H,33,35). The molecule has 2 aromatic heterocycles. The van der Waals surface area contributed by atoms with Crippen LogP contribution in [0.3, 0.4) is 0 Å². The Morgan fingerprint density at radius 3 is 2.33 bits per heavy atom. The number of halogens is 5. The van der Waals surface area contributed by atoms with Crippen molar-refractivity contribution in [3.8, 4) is 0 Å². The highest BCUT2D eigenvalue weighted by atomic mass is 19.3. The number of nitrogens with zero attached hydrogens (tertiary/aromatic N) is 5. The Morgan fingerprint density at radius 1 is 0.897 bits per heavy atom. The van der Waals surface area contributed by atoms with Gasteiger partial charge in [-0.3, -0.25) is 4.79 Å². The van der Waals surface area contributed by atoms with E-state index in [4.69, 9.17) is 0 Å². The monoisotopic (exact) mass is 540 g/mol. The third-order valence-corrected chi connectivity index (χ3v) is 6.97. The smallest absolute Gasteiger partial charge is 0.361 e. The molecule has 0 aliphatic carbocycles. The minimum absolute atomic E-state index is 0.201. The highest BCUT2D eigenvalue weighted by Gasteiger charge is 2.43. The summed E-state index contributed by atoms with van der Waals surface area (Å²) < 4.78 is 73.0. The summed E-state index contributed by atoms with van der Waals surface area (Å²) in [6.45, 7) is 1.99. The number of anilines is 1. The summed E-state index contributed by atoms with van der Waals surface area (Å²) in [4.78, 5) is 27.0. The topological polar surface area (TPSA) is 70.0 Å². The minimum atomic E-state index is -3.77. The van der Waals surface area contributed by atoms with Gasteiger partial charge in [0.05, 0.1) is 16.6 Å². The number of carbonyl (C=O) groups excluding carboxylic acids is 1. The fraction of sp³-hybridized carbons (Fsp3) is 0.222. The van der Waals surface area contributed by atoms with E-state index in [1.54, 1.807) is 17.0 Å². The molecule has 7 nitrogen and oxygen atoms in total. The summed E-state index contributed by atoms with van der Waals surface area (Å²) in [5.74, 6) is -7.87. The molecule has 1 saturated heterocycles. The molecule has 1 aliphatic rings. The quantitative estimate of drug-likeness (QED) is 0.327. The van der Waals surface area contributed by atoms with Crippen molar-refractivity contribution in [2.24, 2.45) is 7.05 Å². The van der Waals surface area contributed by atoms with Crippen LogP contribution in [0.15, 0.2) is 54.6 Å². The van der Waals surface area contributed by atoms with Crippen LogP contribution >= 0.6 is 0 Å². The summed E-state index contributed by atoms with van der Waals surface area (Å²) in [5.41, 5.74) is 1.11. The molecule has 0 spiro atoms. The highest BCUT2D eigenvalue weighted by molar-refractivity contribution is 5.97. The first-order chi connectivity index (χ1) is 18.6. The largest absolute Gasteiger partial charge is 0.368 e. The van der Waals surface area contributed by atoms with Crippen LogP contribution in [0.4, 0.5) is 27.6 Å². The second kappa shape index (κ2) is 9.07. The fourth-order valence-electron chi connectivity index (χ4n) is 4.90. The number of fused-ring (bicyclic) bond motifs is 2. The molecule has 3 heterocycles. The molecule has 200 valence electrons. The maximum absolute atomic E-state index is 15.5. The number of hydrogen-bond acceptors (Lipinski definition) is 4. The highest BCUT2D eigenvalue weighted by Crippen LogP contribution is 2.36. The van der Waals surface area contributed by atoms with E-state index in [-0.39, 0.29) is 22.8 Å². The molecular weight excluding hydrogens is 519 g/mol. The van der Waals surface area contributed by atoms with Gasteiger partial charge in [-0.1, -0.05) is 0 Å². The number of rotatable bonds is 4. The van der Waals surface area contributed by atoms with Crippen molar-refractivity contribution in [3.05, 3.63) is 89.3 Å². The van der Waals surface area contributed by atoms with Gasteiger partial charge < -0.3 is 19.4 Å². The maximum atomic E-state index is 15.5. The molecule has 0 unspecified atom stereocenters. The van der Waals surface area contributed by atoms with Crippen molar-refractivity contribution >= 4 is 33.7 Å². The summed E-state index contributed by atoms with van der Waals surface area (Å²) in [6.07, 6.45) is 0. The first-order valence-electron chi connectivity index (χ1n) is 12.1. The molecule has 1 fully saturated rings. The van der Waals surface area contributed by atoms with Crippen LogP contribution in [0.2, 0.25) is 0 Å². The van der Waals surface area contributed by atoms with Crippen molar-refractivity contribution in [2.45, 2.75) is 5.92 Å². The lowest BCUT2D eigenvalue weighted by Gasteiger charge is -2.36. The van der Waals surface area contributed by atoms with E-state index in [2.05, 4.69) is 19.9 Å². The second-order valence-electron chi connectivity index (χ2n) is 9.40. The second-order valence-corrected chi connectivity index (χ2v) is 9.40. The van der Waals surface area contributed by atoms with Crippen molar-refractivity contribution in [1.29, 1.82) is 0 Å². The third-order valence-electron chi connectivity index (χ3n) is 6.97. The number of piperazine rings is 1. The van der Waals surface area contributed by atoms with Crippen LogP contribution in [0.5, 0.6) is 0 Å². The molecule has 6 rings (SSSR count). The average Bonchev–Trinajstić information content (AvgIpc) is 3.51. The SMILES string of the molecule is Cn1c(C(F)(F)c2nc3c(F)cc(F)cc3[nH]2)nc2ccc(C(=O)N3CCN(c4ccc(F)cc4)CC3)cc21. The Balaban J connectivity index is 1.25. The number of aromatic amines is 1. The third kappa shape index (κ3) is 4.25. The Bertz CT molecular complexity index is 1720. The molecule has 0 atom stereocenters. The fourth-order valence-corrected chi connectivity index (χ4v) is 4.90. The van der Waals surface area contributed by atoms with E-state index >= 15 is 8.78 Å². The number of aryl methyl sites for hydroxylation is 1. The van der Waals surface area contributed by atoms with Crippen LogP contribution in [0.25, 0.3) is 22.1 Å². The van der Waals surface area contributed by atoms with Crippen molar-refractivity contribution in [3.63, 3.8) is 0 Å². The number of alkyl halides is 2. The Kier molecular flexibility index (Phi) is 5.77. The molecule has 0 radical (unpaired) electrons. The summed E-state index contributed by atoms with van der Waals surface area (Å²) in [5, 5.41) is 0. The van der Waals surface area contributed by atoms with Gasteiger partial charge in [0.25, 0.3) is 5.91 Å². The molecule has 0 saturated carbocycles. The van der Waals surface area contributed by atoms with Crippen LogP contribution < -0.4 is 4.90 Å². The first-order valence-corrected chi connectivity index (χ1v) is 12.1. The summed E-state index contributed by atoms with van der Waals surface area (Å²) in [7, 11) is 1.39. The van der Waals surface area contributed by atoms with Crippen LogP contribution in [-0.2, 0) is 13.0 Å². The Hall–Kier alpha value is -4.48. The van der Waals surface area contributed by atoms with E-state index in [0.717, 1.165) is 16.3 Å². The number of imidazole rings is 2.